The van der Waals surface area contributed by atoms with Gasteiger partial charge in [-0.1, -0.05) is 66.7 Å². The van der Waals surface area contributed by atoms with Gasteiger partial charge in [-0.25, -0.2) is 4.79 Å². The second-order valence-corrected chi connectivity index (χ2v) is 6.95. The van der Waals surface area contributed by atoms with Crippen molar-refractivity contribution in [2.24, 2.45) is 5.73 Å². The molecule has 0 spiro atoms. The van der Waals surface area contributed by atoms with Gasteiger partial charge in [0.1, 0.15) is 0 Å². The number of carbonyl (C=O) groups is 3. The molecule has 0 aliphatic heterocycles. The SMILES string of the molecule is Cc1ccccc1C(CC(=O)Nc1cccc(C(=O)c2ccccc2)c1)NC(N)=O. The Bertz CT molecular complexity index is 1060. The van der Waals surface area contributed by atoms with Crippen LogP contribution >= 0.6 is 0 Å². The van der Waals surface area contributed by atoms with E-state index in [1.807, 2.05) is 37.3 Å². The highest BCUT2D eigenvalue weighted by Gasteiger charge is 2.19. The summed E-state index contributed by atoms with van der Waals surface area (Å²) in [6.07, 6.45) is 0.00462. The van der Waals surface area contributed by atoms with E-state index in [1.54, 1.807) is 48.5 Å². The molecule has 3 amide bonds. The molecule has 0 aliphatic rings. The molecule has 0 aromatic heterocycles. The Labute approximate surface area is 175 Å². The van der Waals surface area contributed by atoms with E-state index in [4.69, 9.17) is 5.73 Å². The van der Waals surface area contributed by atoms with Gasteiger partial charge in [0.15, 0.2) is 5.78 Å². The molecule has 1 unspecified atom stereocenters. The smallest absolute Gasteiger partial charge is 0.312 e. The Balaban J connectivity index is 1.74. The normalized spacial score (nSPS) is 11.4. The molecule has 0 saturated heterocycles. The van der Waals surface area contributed by atoms with E-state index in [-0.39, 0.29) is 18.1 Å². The Morgan fingerprint density at radius 2 is 1.53 bits per heavy atom. The van der Waals surface area contributed by atoms with Crippen molar-refractivity contribution in [2.45, 2.75) is 19.4 Å². The summed E-state index contributed by atoms with van der Waals surface area (Å²) >= 11 is 0. The van der Waals surface area contributed by atoms with E-state index in [0.717, 1.165) is 11.1 Å². The van der Waals surface area contributed by atoms with Gasteiger partial charge in [0.05, 0.1) is 12.5 Å². The van der Waals surface area contributed by atoms with Crippen LogP contribution in [0.4, 0.5) is 10.5 Å². The van der Waals surface area contributed by atoms with Gasteiger partial charge in [-0.2, -0.15) is 0 Å². The van der Waals surface area contributed by atoms with Crippen molar-refractivity contribution in [3.05, 3.63) is 101 Å². The molecule has 4 N–H and O–H groups in total. The summed E-state index contributed by atoms with van der Waals surface area (Å²) in [5.74, 6) is -0.429. The van der Waals surface area contributed by atoms with Gasteiger partial charge in [-0.05, 0) is 30.2 Å². The maximum absolute atomic E-state index is 12.7. The number of hydrogen-bond acceptors (Lipinski definition) is 3. The molecule has 1 atom stereocenters. The molecule has 0 radical (unpaired) electrons. The predicted molar refractivity (Wildman–Crippen MR) is 116 cm³/mol. The van der Waals surface area contributed by atoms with Crippen molar-refractivity contribution in [3.8, 4) is 0 Å². The monoisotopic (exact) mass is 401 g/mol. The second kappa shape index (κ2) is 9.52. The van der Waals surface area contributed by atoms with Gasteiger partial charge in [0.2, 0.25) is 5.91 Å². The summed E-state index contributed by atoms with van der Waals surface area (Å²) < 4.78 is 0. The summed E-state index contributed by atoms with van der Waals surface area (Å²) in [6.45, 7) is 1.90. The van der Waals surface area contributed by atoms with Gasteiger partial charge in [-0.15, -0.1) is 0 Å². The number of nitrogens with two attached hydrogens (primary N) is 1. The molecule has 6 heteroatoms. The molecule has 0 bridgehead atoms. The molecule has 3 aromatic carbocycles. The first-order valence-corrected chi connectivity index (χ1v) is 9.55. The number of rotatable bonds is 7. The summed E-state index contributed by atoms with van der Waals surface area (Å²) in [6, 6.07) is 21.9. The average molecular weight is 401 g/mol. The number of hydrogen-bond donors (Lipinski definition) is 3. The standard InChI is InChI=1S/C24H23N3O3/c1-16-8-5-6-13-20(16)21(27-24(25)30)15-22(28)26-19-12-7-11-18(14-19)23(29)17-9-3-2-4-10-17/h2-14,21H,15H2,1H3,(H,26,28)(H3,25,27,30). The molecule has 3 rings (SSSR count). The minimum atomic E-state index is -0.702. The largest absolute Gasteiger partial charge is 0.352 e. The highest BCUT2D eigenvalue weighted by Crippen LogP contribution is 2.22. The van der Waals surface area contributed by atoms with Crippen LogP contribution < -0.4 is 16.4 Å². The number of primary amides is 1. The fourth-order valence-electron chi connectivity index (χ4n) is 3.28. The lowest BCUT2D eigenvalue weighted by molar-refractivity contribution is -0.116. The summed E-state index contributed by atoms with van der Waals surface area (Å²) in [5.41, 5.74) is 8.62. The number of aryl methyl sites for hydroxylation is 1. The van der Waals surface area contributed by atoms with Crippen LogP contribution in [0.15, 0.2) is 78.9 Å². The van der Waals surface area contributed by atoms with Gasteiger partial charge >= 0.3 is 6.03 Å². The first kappa shape index (κ1) is 20.8. The summed E-state index contributed by atoms with van der Waals surface area (Å²) in [4.78, 5) is 36.7. The van der Waals surface area contributed by atoms with Gasteiger partial charge in [0.25, 0.3) is 0 Å². The molecule has 0 heterocycles. The predicted octanol–water partition coefficient (Wildman–Crippen LogP) is 3.96. The third-order valence-electron chi connectivity index (χ3n) is 4.71. The Hall–Kier alpha value is -3.93. The lowest BCUT2D eigenvalue weighted by Crippen LogP contribution is -2.35. The summed E-state index contributed by atoms with van der Waals surface area (Å²) in [5, 5.41) is 5.43. The number of anilines is 1. The molecular formula is C24H23N3O3. The van der Waals surface area contributed by atoms with Crippen molar-refractivity contribution in [1.29, 1.82) is 0 Å². The quantitative estimate of drug-likeness (QED) is 0.522. The van der Waals surface area contributed by atoms with E-state index in [9.17, 15) is 14.4 Å². The molecule has 0 aliphatic carbocycles. The van der Waals surface area contributed by atoms with Crippen LogP contribution in [0.5, 0.6) is 0 Å². The minimum Gasteiger partial charge on any atom is -0.352 e. The van der Waals surface area contributed by atoms with E-state index < -0.39 is 12.1 Å². The molecular weight excluding hydrogens is 378 g/mol. The lowest BCUT2D eigenvalue weighted by Gasteiger charge is -2.19. The molecule has 3 aromatic rings. The van der Waals surface area contributed by atoms with Crippen molar-refractivity contribution < 1.29 is 14.4 Å². The van der Waals surface area contributed by atoms with Gasteiger partial charge < -0.3 is 16.4 Å². The molecule has 0 fully saturated rings. The van der Waals surface area contributed by atoms with Crippen LogP contribution in [0.1, 0.15) is 39.5 Å². The van der Waals surface area contributed by atoms with Gasteiger partial charge in [-0.3, -0.25) is 9.59 Å². The first-order valence-electron chi connectivity index (χ1n) is 9.55. The summed E-state index contributed by atoms with van der Waals surface area (Å²) in [7, 11) is 0. The van der Waals surface area contributed by atoms with Crippen LogP contribution in [0, 0.1) is 6.92 Å². The maximum atomic E-state index is 12.7. The fraction of sp³-hybridized carbons (Fsp3) is 0.125. The average Bonchev–Trinajstić information content (AvgIpc) is 2.73. The Kier molecular flexibility index (Phi) is 6.60. The molecule has 0 saturated carbocycles. The third kappa shape index (κ3) is 5.32. The minimum absolute atomic E-state index is 0.00462. The Morgan fingerprint density at radius 3 is 2.23 bits per heavy atom. The van der Waals surface area contributed by atoms with Crippen LogP contribution in [-0.4, -0.2) is 17.7 Å². The van der Waals surface area contributed by atoms with Crippen molar-refractivity contribution in [3.63, 3.8) is 0 Å². The second-order valence-electron chi connectivity index (χ2n) is 6.95. The zero-order valence-corrected chi connectivity index (χ0v) is 16.6. The zero-order valence-electron chi connectivity index (χ0n) is 16.6. The van der Waals surface area contributed by atoms with E-state index in [2.05, 4.69) is 10.6 Å². The van der Waals surface area contributed by atoms with Crippen LogP contribution in [0.3, 0.4) is 0 Å². The topological polar surface area (TPSA) is 101 Å². The zero-order chi connectivity index (χ0) is 21.5. The number of nitrogens with one attached hydrogen (secondary N) is 2. The van der Waals surface area contributed by atoms with Crippen molar-refractivity contribution in [1.82, 2.24) is 5.32 Å². The van der Waals surface area contributed by atoms with E-state index in [0.29, 0.717) is 16.8 Å². The van der Waals surface area contributed by atoms with Crippen LogP contribution in [-0.2, 0) is 4.79 Å². The first-order chi connectivity index (χ1) is 14.4. The van der Waals surface area contributed by atoms with E-state index >= 15 is 0 Å². The number of benzene rings is 3. The number of ketones is 1. The fourth-order valence-corrected chi connectivity index (χ4v) is 3.28. The van der Waals surface area contributed by atoms with Crippen LogP contribution in [0.2, 0.25) is 0 Å². The molecule has 152 valence electrons. The lowest BCUT2D eigenvalue weighted by atomic mass is 9.98. The van der Waals surface area contributed by atoms with Crippen LogP contribution in [0.25, 0.3) is 0 Å². The maximum Gasteiger partial charge on any atom is 0.312 e. The number of carbonyl (C=O) groups excluding carboxylic acids is 3. The van der Waals surface area contributed by atoms with Gasteiger partial charge in [0, 0.05) is 16.8 Å². The molecule has 30 heavy (non-hydrogen) atoms. The van der Waals surface area contributed by atoms with Crippen molar-refractivity contribution >= 4 is 23.4 Å². The van der Waals surface area contributed by atoms with Crippen molar-refractivity contribution in [2.75, 3.05) is 5.32 Å². The highest BCUT2D eigenvalue weighted by molar-refractivity contribution is 6.09. The number of urea groups is 1. The number of amides is 3. The Morgan fingerprint density at radius 1 is 0.867 bits per heavy atom. The molecule has 6 nitrogen and oxygen atoms in total. The highest BCUT2D eigenvalue weighted by atomic mass is 16.2. The third-order valence-corrected chi connectivity index (χ3v) is 4.71. The van der Waals surface area contributed by atoms with E-state index in [1.165, 1.54) is 0 Å².